The minimum Gasteiger partial charge on any atom is -0.257 e. The fourth-order valence-corrected chi connectivity index (χ4v) is 1.93. The summed E-state index contributed by atoms with van der Waals surface area (Å²) in [5.41, 5.74) is 2.28. The molecule has 0 unspecified atom stereocenters. The van der Waals surface area contributed by atoms with Crippen LogP contribution in [0.4, 0.5) is 0 Å². The highest BCUT2D eigenvalue weighted by Gasteiger charge is 1.90. The van der Waals surface area contributed by atoms with E-state index in [1.165, 1.54) is 10.5 Å². The summed E-state index contributed by atoms with van der Waals surface area (Å²) in [5.74, 6) is 0. The van der Waals surface area contributed by atoms with Crippen molar-refractivity contribution in [2.45, 2.75) is 11.8 Å². The molecule has 0 saturated carbocycles. The van der Waals surface area contributed by atoms with Crippen LogP contribution in [-0.2, 0) is 0 Å². The molecule has 80 valence electrons. The molecule has 0 aliphatic carbocycles. The number of pyridine rings is 1. The maximum atomic E-state index is 4.22. The van der Waals surface area contributed by atoms with Crippen LogP contribution in [0.2, 0.25) is 0 Å². The predicted octanol–water partition coefficient (Wildman–Crippen LogP) is 4.15. The first-order valence-corrected chi connectivity index (χ1v) is 6.03. The van der Waals surface area contributed by atoms with Crippen molar-refractivity contribution in [3.63, 3.8) is 0 Å². The molecule has 0 saturated heterocycles. The molecule has 0 bridgehead atoms. The van der Waals surface area contributed by atoms with Crippen LogP contribution in [0, 0.1) is 6.92 Å². The molecule has 0 radical (unpaired) electrons. The van der Waals surface area contributed by atoms with Crippen molar-refractivity contribution >= 4 is 17.8 Å². The lowest BCUT2D eigenvalue weighted by Gasteiger charge is -1.96. The molecule has 0 atom stereocenters. The molecule has 0 aliphatic rings. The van der Waals surface area contributed by atoms with Crippen molar-refractivity contribution in [1.82, 2.24) is 4.98 Å². The second-order valence-electron chi connectivity index (χ2n) is 3.49. The summed E-state index contributed by atoms with van der Waals surface area (Å²) in [6.45, 7) is 2.10. The third-order valence-electron chi connectivity index (χ3n) is 2.15. The zero-order valence-corrected chi connectivity index (χ0v) is 9.95. The van der Waals surface area contributed by atoms with Crippen LogP contribution < -0.4 is 0 Å². The van der Waals surface area contributed by atoms with E-state index in [1.807, 2.05) is 24.3 Å². The van der Waals surface area contributed by atoms with E-state index in [0.29, 0.717) is 0 Å². The van der Waals surface area contributed by atoms with Gasteiger partial charge in [-0.05, 0) is 42.7 Å². The van der Waals surface area contributed by atoms with Gasteiger partial charge in [0.2, 0.25) is 0 Å². The minimum atomic E-state index is 0.988. The smallest absolute Gasteiger partial charge is 0.0634 e. The van der Waals surface area contributed by atoms with E-state index >= 15 is 0 Å². The van der Waals surface area contributed by atoms with Crippen LogP contribution in [0.15, 0.2) is 59.0 Å². The molecule has 0 aliphatic heterocycles. The molecule has 2 heteroatoms. The standard InChI is InChI=1S/C14H13NS/c1-12-5-7-14(8-6-12)16-11-9-13-4-2-3-10-15-13/h2-11H,1H3/b11-9+. The first-order chi connectivity index (χ1) is 7.84. The summed E-state index contributed by atoms with van der Waals surface area (Å²) in [7, 11) is 0. The Balaban J connectivity index is 1.97. The molecule has 1 heterocycles. The number of aryl methyl sites for hydroxylation is 1. The first-order valence-electron chi connectivity index (χ1n) is 5.15. The molecular formula is C14H13NS. The van der Waals surface area contributed by atoms with E-state index < -0.39 is 0 Å². The van der Waals surface area contributed by atoms with Gasteiger partial charge < -0.3 is 0 Å². The number of hydrogen-bond acceptors (Lipinski definition) is 2. The lowest BCUT2D eigenvalue weighted by atomic mass is 10.2. The highest BCUT2D eigenvalue weighted by atomic mass is 32.2. The maximum absolute atomic E-state index is 4.22. The third kappa shape index (κ3) is 3.24. The summed E-state index contributed by atoms with van der Waals surface area (Å²) in [6.07, 6.45) is 3.82. The van der Waals surface area contributed by atoms with Gasteiger partial charge in [-0.3, -0.25) is 4.98 Å². The van der Waals surface area contributed by atoms with E-state index in [9.17, 15) is 0 Å². The quantitative estimate of drug-likeness (QED) is 0.730. The van der Waals surface area contributed by atoms with Gasteiger partial charge in [0.05, 0.1) is 5.69 Å². The van der Waals surface area contributed by atoms with Crippen LogP contribution >= 0.6 is 11.8 Å². The zero-order valence-electron chi connectivity index (χ0n) is 9.13. The summed E-state index contributed by atoms with van der Waals surface area (Å²) < 4.78 is 0. The summed E-state index contributed by atoms with van der Waals surface area (Å²) in [4.78, 5) is 5.47. The highest BCUT2D eigenvalue weighted by Crippen LogP contribution is 2.20. The van der Waals surface area contributed by atoms with Gasteiger partial charge in [-0.25, -0.2) is 0 Å². The lowest BCUT2D eigenvalue weighted by molar-refractivity contribution is 1.30. The summed E-state index contributed by atoms with van der Waals surface area (Å²) >= 11 is 1.70. The van der Waals surface area contributed by atoms with Gasteiger partial charge in [0.15, 0.2) is 0 Å². The number of aromatic nitrogens is 1. The number of hydrogen-bond donors (Lipinski definition) is 0. The van der Waals surface area contributed by atoms with Crippen LogP contribution in [0.5, 0.6) is 0 Å². The summed E-state index contributed by atoms with van der Waals surface area (Å²) in [6, 6.07) is 14.4. The molecule has 2 aromatic rings. The lowest BCUT2D eigenvalue weighted by Crippen LogP contribution is -1.75. The van der Waals surface area contributed by atoms with Crippen molar-refractivity contribution in [3.05, 3.63) is 65.3 Å². The van der Waals surface area contributed by atoms with Crippen molar-refractivity contribution in [2.75, 3.05) is 0 Å². The van der Waals surface area contributed by atoms with E-state index in [4.69, 9.17) is 0 Å². The Morgan fingerprint density at radius 1 is 1.06 bits per heavy atom. The monoisotopic (exact) mass is 227 g/mol. The van der Waals surface area contributed by atoms with Gasteiger partial charge in [0, 0.05) is 11.1 Å². The van der Waals surface area contributed by atoms with Gasteiger partial charge in [-0.2, -0.15) is 0 Å². The van der Waals surface area contributed by atoms with Gasteiger partial charge in [0.25, 0.3) is 0 Å². The van der Waals surface area contributed by atoms with Crippen molar-refractivity contribution < 1.29 is 0 Å². The molecule has 0 spiro atoms. The average molecular weight is 227 g/mol. The number of benzene rings is 1. The first kappa shape index (κ1) is 11.0. The van der Waals surface area contributed by atoms with Crippen molar-refractivity contribution in [3.8, 4) is 0 Å². The van der Waals surface area contributed by atoms with Gasteiger partial charge in [0.1, 0.15) is 0 Å². The molecule has 2 rings (SSSR count). The topological polar surface area (TPSA) is 12.9 Å². The van der Waals surface area contributed by atoms with E-state index in [0.717, 1.165) is 5.69 Å². The second-order valence-corrected chi connectivity index (χ2v) is 4.47. The van der Waals surface area contributed by atoms with Gasteiger partial charge >= 0.3 is 0 Å². The Morgan fingerprint density at radius 3 is 2.56 bits per heavy atom. The van der Waals surface area contributed by atoms with Crippen LogP contribution in [0.1, 0.15) is 11.3 Å². The Kier molecular flexibility index (Phi) is 3.78. The normalized spacial score (nSPS) is 10.8. The molecule has 1 aromatic heterocycles. The highest BCUT2D eigenvalue weighted by molar-refractivity contribution is 8.02. The Morgan fingerprint density at radius 2 is 1.88 bits per heavy atom. The van der Waals surface area contributed by atoms with Crippen LogP contribution in [0.25, 0.3) is 6.08 Å². The minimum absolute atomic E-state index is 0.988. The Labute approximate surface area is 100 Å². The third-order valence-corrected chi connectivity index (χ3v) is 2.97. The Bertz CT molecular complexity index is 460. The largest absolute Gasteiger partial charge is 0.257 e. The second kappa shape index (κ2) is 5.52. The van der Waals surface area contributed by atoms with Crippen LogP contribution in [-0.4, -0.2) is 4.98 Å². The maximum Gasteiger partial charge on any atom is 0.0634 e. The van der Waals surface area contributed by atoms with Crippen LogP contribution in [0.3, 0.4) is 0 Å². The molecule has 1 aromatic carbocycles. The van der Waals surface area contributed by atoms with Crippen molar-refractivity contribution in [1.29, 1.82) is 0 Å². The fraction of sp³-hybridized carbons (Fsp3) is 0.0714. The molecule has 0 amide bonds. The van der Waals surface area contributed by atoms with Gasteiger partial charge in [-0.1, -0.05) is 35.5 Å². The van der Waals surface area contributed by atoms with E-state index in [1.54, 1.807) is 18.0 Å². The number of rotatable bonds is 3. The van der Waals surface area contributed by atoms with E-state index in [2.05, 4.69) is 41.6 Å². The SMILES string of the molecule is Cc1ccc(S/C=C/c2ccccn2)cc1. The zero-order chi connectivity index (χ0) is 11.2. The molecule has 16 heavy (non-hydrogen) atoms. The Hall–Kier alpha value is -1.54. The van der Waals surface area contributed by atoms with Gasteiger partial charge in [-0.15, -0.1) is 0 Å². The molecule has 1 nitrogen and oxygen atoms in total. The number of thioether (sulfide) groups is 1. The van der Waals surface area contributed by atoms with E-state index in [-0.39, 0.29) is 0 Å². The number of nitrogens with zero attached hydrogens (tertiary/aromatic N) is 1. The molecule has 0 N–H and O–H groups in total. The summed E-state index contributed by atoms with van der Waals surface area (Å²) in [5, 5.41) is 2.06. The average Bonchev–Trinajstić information content (AvgIpc) is 2.33. The molecule has 0 fully saturated rings. The fourth-order valence-electron chi connectivity index (χ4n) is 1.27. The van der Waals surface area contributed by atoms with Crippen molar-refractivity contribution in [2.24, 2.45) is 0 Å². The molecular weight excluding hydrogens is 214 g/mol. The predicted molar refractivity (Wildman–Crippen MR) is 70.3 cm³/mol.